The van der Waals surface area contributed by atoms with Crippen LogP contribution in [0.3, 0.4) is 0 Å². The number of unbranched alkanes of at least 4 members (excludes halogenated alkanes) is 13. The molecule has 1 aliphatic rings. The van der Waals surface area contributed by atoms with Crippen LogP contribution in [0.15, 0.2) is 12.2 Å². The Morgan fingerprint density at radius 2 is 0.617 bits per heavy atom. The van der Waals surface area contributed by atoms with Crippen LogP contribution in [0.1, 0.15) is 96.8 Å². The zero-order valence-electron chi connectivity index (χ0n) is 29.6. The van der Waals surface area contributed by atoms with Crippen molar-refractivity contribution in [2.45, 2.75) is 96.8 Å². The Kier molecular flexibility index (Phi) is 33.2. The van der Waals surface area contributed by atoms with E-state index in [0.29, 0.717) is 92.5 Å². The van der Waals surface area contributed by atoms with Gasteiger partial charge in [0.15, 0.2) is 0 Å². The van der Waals surface area contributed by atoms with Gasteiger partial charge < -0.3 is 37.9 Å². The third kappa shape index (κ3) is 30.4. The number of imide groups is 1. The minimum Gasteiger partial charge on any atom is -0.379 e. The summed E-state index contributed by atoms with van der Waals surface area (Å²) in [6.45, 7) is 10.8. The van der Waals surface area contributed by atoms with E-state index in [0.717, 1.165) is 17.9 Å². The second kappa shape index (κ2) is 35.9. The van der Waals surface area contributed by atoms with Gasteiger partial charge in [-0.25, -0.2) is 0 Å². The van der Waals surface area contributed by atoms with Crippen molar-refractivity contribution in [2.75, 3.05) is 112 Å². The maximum absolute atomic E-state index is 11.4. The molecule has 0 spiro atoms. The number of nitrogens with zero attached hydrogens (tertiary/aromatic N) is 1. The van der Waals surface area contributed by atoms with Crippen LogP contribution in [0.5, 0.6) is 0 Å². The molecule has 1 rings (SSSR count). The second-order valence-electron chi connectivity index (χ2n) is 11.7. The van der Waals surface area contributed by atoms with Crippen LogP contribution in [-0.4, -0.2) is 129 Å². The van der Waals surface area contributed by atoms with Crippen LogP contribution in [-0.2, 0) is 47.5 Å². The van der Waals surface area contributed by atoms with Crippen molar-refractivity contribution >= 4 is 11.8 Å². The topological polar surface area (TPSA) is 111 Å². The van der Waals surface area contributed by atoms with Crippen LogP contribution in [0, 0.1) is 0 Å². The highest BCUT2D eigenvalue weighted by Crippen LogP contribution is 2.13. The van der Waals surface area contributed by atoms with Gasteiger partial charge >= 0.3 is 0 Å². The van der Waals surface area contributed by atoms with E-state index in [4.69, 9.17) is 37.9 Å². The van der Waals surface area contributed by atoms with E-state index in [-0.39, 0.29) is 25.0 Å². The molecule has 11 nitrogen and oxygen atoms in total. The lowest BCUT2D eigenvalue weighted by atomic mass is 10.0. The molecule has 0 radical (unpaired) electrons. The SMILES string of the molecule is CCCCCCCCCCCCCCCCOCCOCCOCCOCCOCCOCCOCCOCCN1C(=O)C=CC1=O. The van der Waals surface area contributed by atoms with E-state index >= 15 is 0 Å². The van der Waals surface area contributed by atoms with Gasteiger partial charge in [0.25, 0.3) is 11.8 Å². The third-order valence-corrected chi connectivity index (χ3v) is 7.61. The summed E-state index contributed by atoms with van der Waals surface area (Å²) in [7, 11) is 0. The number of ether oxygens (including phenoxy) is 8. The zero-order chi connectivity index (χ0) is 33.7. The van der Waals surface area contributed by atoms with E-state index in [9.17, 15) is 9.59 Å². The Bertz CT molecular complexity index is 706. The van der Waals surface area contributed by atoms with E-state index in [2.05, 4.69) is 6.92 Å². The highest BCUT2D eigenvalue weighted by molar-refractivity contribution is 6.12. The largest absolute Gasteiger partial charge is 0.379 e. The molecule has 0 atom stereocenters. The first-order valence-electron chi connectivity index (χ1n) is 18.4. The summed E-state index contributed by atoms with van der Waals surface area (Å²) in [6.07, 6.45) is 21.7. The predicted molar refractivity (Wildman–Crippen MR) is 183 cm³/mol. The predicted octanol–water partition coefficient (Wildman–Crippen LogP) is 5.53. The minimum atomic E-state index is -0.299. The van der Waals surface area contributed by atoms with Crippen molar-refractivity contribution < 1.29 is 47.5 Å². The molecule has 276 valence electrons. The van der Waals surface area contributed by atoms with E-state index in [1.165, 1.54) is 95.6 Å². The summed E-state index contributed by atoms with van der Waals surface area (Å²) in [5.41, 5.74) is 0. The standard InChI is InChI=1S/C36H67NO10/c1-2-3-4-5-6-7-8-9-10-11-12-13-14-15-19-40-21-23-42-25-27-44-29-31-46-33-34-47-32-30-45-28-26-43-24-22-41-20-18-37-35(38)16-17-36(37)39/h16-17H,2-15,18-34H2,1H3. The molecule has 0 aromatic rings. The van der Waals surface area contributed by atoms with Crippen molar-refractivity contribution in [3.05, 3.63) is 12.2 Å². The van der Waals surface area contributed by atoms with Crippen molar-refractivity contribution in [1.29, 1.82) is 0 Å². The molecule has 2 amide bonds. The van der Waals surface area contributed by atoms with Gasteiger partial charge in [0, 0.05) is 18.8 Å². The molecule has 0 aromatic heterocycles. The van der Waals surface area contributed by atoms with Crippen LogP contribution >= 0.6 is 0 Å². The maximum atomic E-state index is 11.4. The second-order valence-corrected chi connectivity index (χ2v) is 11.7. The Labute approximate surface area is 285 Å². The summed E-state index contributed by atoms with van der Waals surface area (Å²) in [4.78, 5) is 24.0. The Hall–Kier alpha value is -1.44. The van der Waals surface area contributed by atoms with Gasteiger partial charge in [-0.15, -0.1) is 0 Å². The molecule has 0 bridgehead atoms. The van der Waals surface area contributed by atoms with Crippen molar-refractivity contribution in [2.24, 2.45) is 0 Å². The average molecular weight is 674 g/mol. The van der Waals surface area contributed by atoms with Crippen LogP contribution in [0.25, 0.3) is 0 Å². The molecular formula is C36H67NO10. The Morgan fingerprint density at radius 3 is 0.936 bits per heavy atom. The molecule has 0 aliphatic carbocycles. The lowest BCUT2D eigenvalue weighted by molar-refractivity contribution is -0.137. The zero-order valence-corrected chi connectivity index (χ0v) is 29.6. The first kappa shape index (κ1) is 43.6. The molecule has 11 heteroatoms. The quantitative estimate of drug-likeness (QED) is 0.0611. The van der Waals surface area contributed by atoms with Gasteiger partial charge in [-0.05, 0) is 6.42 Å². The maximum Gasteiger partial charge on any atom is 0.253 e. The summed E-state index contributed by atoms with van der Waals surface area (Å²) in [5, 5.41) is 0. The van der Waals surface area contributed by atoms with Crippen LogP contribution < -0.4 is 0 Å². The van der Waals surface area contributed by atoms with Gasteiger partial charge in [0.05, 0.1) is 106 Å². The molecule has 0 saturated carbocycles. The fourth-order valence-corrected chi connectivity index (χ4v) is 4.85. The van der Waals surface area contributed by atoms with Gasteiger partial charge in [-0.2, -0.15) is 0 Å². The highest BCUT2D eigenvalue weighted by atomic mass is 16.6. The molecule has 0 unspecified atom stereocenters. The molecule has 0 N–H and O–H groups in total. The van der Waals surface area contributed by atoms with E-state index in [1.54, 1.807) is 0 Å². The van der Waals surface area contributed by atoms with Crippen molar-refractivity contribution in [3.8, 4) is 0 Å². The molecular weight excluding hydrogens is 606 g/mol. The first-order chi connectivity index (χ1) is 23.3. The Balaban J connectivity index is 1.62. The number of hydrogen-bond acceptors (Lipinski definition) is 10. The third-order valence-electron chi connectivity index (χ3n) is 7.61. The number of amides is 2. The molecule has 0 fully saturated rings. The van der Waals surface area contributed by atoms with Crippen molar-refractivity contribution in [3.63, 3.8) is 0 Å². The van der Waals surface area contributed by atoms with Crippen molar-refractivity contribution in [1.82, 2.24) is 4.90 Å². The van der Waals surface area contributed by atoms with Crippen LogP contribution in [0.2, 0.25) is 0 Å². The normalized spacial score (nSPS) is 13.1. The Morgan fingerprint density at radius 1 is 0.362 bits per heavy atom. The summed E-state index contributed by atoms with van der Waals surface area (Å²) in [5.74, 6) is -0.597. The fraction of sp³-hybridized carbons (Fsp3) is 0.889. The van der Waals surface area contributed by atoms with Gasteiger partial charge in [-0.1, -0.05) is 90.4 Å². The molecule has 1 aliphatic heterocycles. The smallest absolute Gasteiger partial charge is 0.253 e. The molecule has 1 heterocycles. The number of rotatable bonds is 39. The van der Waals surface area contributed by atoms with Gasteiger partial charge in [0.2, 0.25) is 0 Å². The van der Waals surface area contributed by atoms with Gasteiger partial charge in [-0.3, -0.25) is 14.5 Å². The fourth-order valence-electron chi connectivity index (χ4n) is 4.85. The average Bonchev–Trinajstić information content (AvgIpc) is 3.40. The van der Waals surface area contributed by atoms with E-state index < -0.39 is 0 Å². The molecule has 0 saturated heterocycles. The number of hydrogen-bond donors (Lipinski definition) is 0. The minimum absolute atomic E-state index is 0.248. The number of carbonyl (C=O) groups excluding carboxylic acids is 2. The lowest BCUT2D eigenvalue weighted by Gasteiger charge is -2.13. The number of carbonyl (C=O) groups is 2. The summed E-state index contributed by atoms with van der Waals surface area (Å²) >= 11 is 0. The first-order valence-corrected chi connectivity index (χ1v) is 18.4. The lowest BCUT2D eigenvalue weighted by Crippen LogP contribution is -2.33. The van der Waals surface area contributed by atoms with Crippen LogP contribution in [0.4, 0.5) is 0 Å². The molecule has 0 aromatic carbocycles. The van der Waals surface area contributed by atoms with Gasteiger partial charge in [0.1, 0.15) is 0 Å². The highest BCUT2D eigenvalue weighted by Gasteiger charge is 2.22. The monoisotopic (exact) mass is 673 g/mol. The molecule has 47 heavy (non-hydrogen) atoms. The van der Waals surface area contributed by atoms with E-state index in [1.807, 2.05) is 0 Å². The summed E-state index contributed by atoms with van der Waals surface area (Å²) < 4.78 is 44.0. The summed E-state index contributed by atoms with van der Waals surface area (Å²) in [6, 6.07) is 0.